The number of carbonyl (C=O) groups is 1. The van der Waals surface area contributed by atoms with E-state index in [0.29, 0.717) is 18.4 Å². The summed E-state index contributed by atoms with van der Waals surface area (Å²) in [4.78, 5) is 12.9. The van der Waals surface area contributed by atoms with E-state index in [1.807, 2.05) is 0 Å². The van der Waals surface area contributed by atoms with Gasteiger partial charge in [0.25, 0.3) is 0 Å². The topological polar surface area (TPSA) is 46.1 Å². The Bertz CT molecular complexity index is 1010. The van der Waals surface area contributed by atoms with E-state index in [1.54, 1.807) is 0 Å². The zero-order chi connectivity index (χ0) is 22.5. The van der Waals surface area contributed by atoms with E-state index in [4.69, 9.17) is 0 Å². The number of fused-ring (bicyclic) bond motifs is 1. The van der Waals surface area contributed by atoms with Gasteiger partial charge in [-0.05, 0) is 41.0 Å². The summed E-state index contributed by atoms with van der Waals surface area (Å²) in [5, 5.41) is 7.62. The Kier molecular flexibility index (Phi) is 7.42. The molecule has 4 nitrogen and oxygen atoms in total. The fourth-order valence-corrected chi connectivity index (χ4v) is 4.48. The van der Waals surface area contributed by atoms with E-state index in [9.17, 15) is 4.79 Å². The van der Waals surface area contributed by atoms with Crippen molar-refractivity contribution in [1.82, 2.24) is 9.88 Å². The van der Waals surface area contributed by atoms with Gasteiger partial charge in [-0.1, -0.05) is 77.4 Å². The number of rotatable bonds is 8. The second-order valence-corrected chi connectivity index (χ2v) is 9.15. The Morgan fingerprint density at radius 1 is 0.935 bits per heavy atom. The summed E-state index contributed by atoms with van der Waals surface area (Å²) in [5.74, 6) is 0.974. The average molecular weight is 420 g/mol. The number of hydrogen-bond donors (Lipinski definition) is 2. The van der Waals surface area contributed by atoms with E-state index >= 15 is 0 Å². The number of hydrogen-bond acceptors (Lipinski definition) is 1. The molecule has 0 aliphatic carbocycles. The number of benzene rings is 2. The molecule has 3 rings (SSSR count). The number of aromatic nitrogens is 1. The summed E-state index contributed by atoms with van der Waals surface area (Å²) in [6.07, 6.45) is 4.33. The predicted molar refractivity (Wildman–Crippen MR) is 132 cm³/mol. The van der Waals surface area contributed by atoms with E-state index in [2.05, 4.69) is 106 Å². The number of carbonyl (C=O) groups excluding carboxylic acids is 1. The van der Waals surface area contributed by atoms with Crippen LogP contribution in [0.3, 0.4) is 0 Å². The zero-order valence-corrected chi connectivity index (χ0v) is 19.8. The van der Waals surface area contributed by atoms with Gasteiger partial charge < -0.3 is 15.2 Å². The molecule has 166 valence electrons. The minimum atomic E-state index is -0.128. The fourth-order valence-electron chi connectivity index (χ4n) is 4.48. The predicted octanol–water partition coefficient (Wildman–Crippen LogP) is 7.13. The van der Waals surface area contributed by atoms with Crippen LogP contribution in [0.15, 0.2) is 48.7 Å². The molecule has 0 radical (unpaired) electrons. The summed E-state index contributed by atoms with van der Waals surface area (Å²) in [7, 11) is 2.09. The Labute approximate surface area is 187 Å². The minimum absolute atomic E-state index is 0.128. The lowest BCUT2D eigenvalue weighted by Gasteiger charge is -2.21. The van der Waals surface area contributed by atoms with E-state index in [-0.39, 0.29) is 11.9 Å². The Morgan fingerprint density at radius 2 is 1.58 bits per heavy atom. The molecule has 1 unspecified atom stereocenters. The Hall–Kier alpha value is -2.75. The van der Waals surface area contributed by atoms with Crippen LogP contribution in [0.4, 0.5) is 10.5 Å². The Morgan fingerprint density at radius 3 is 2.19 bits per heavy atom. The molecule has 0 fully saturated rings. The average Bonchev–Trinajstić information content (AvgIpc) is 3.07. The van der Waals surface area contributed by atoms with Gasteiger partial charge in [-0.2, -0.15) is 0 Å². The maximum absolute atomic E-state index is 12.9. The normalized spacial score (nSPS) is 12.5. The highest BCUT2D eigenvalue weighted by atomic mass is 16.2. The lowest BCUT2D eigenvalue weighted by Crippen LogP contribution is -2.33. The molecule has 1 heterocycles. The lowest BCUT2D eigenvalue weighted by atomic mass is 9.92. The van der Waals surface area contributed by atoms with Gasteiger partial charge in [0.2, 0.25) is 0 Å². The van der Waals surface area contributed by atoms with Crippen molar-refractivity contribution in [2.45, 2.75) is 65.2 Å². The summed E-state index contributed by atoms with van der Waals surface area (Å²) < 4.78 is 2.18. The number of anilines is 1. The summed E-state index contributed by atoms with van der Waals surface area (Å²) >= 11 is 0. The third-order valence-electron chi connectivity index (χ3n) is 6.13. The van der Waals surface area contributed by atoms with E-state index < -0.39 is 0 Å². The van der Waals surface area contributed by atoms with Gasteiger partial charge in [0.1, 0.15) is 0 Å². The van der Waals surface area contributed by atoms with Crippen LogP contribution in [0.1, 0.15) is 81.9 Å². The van der Waals surface area contributed by atoms with Crippen molar-refractivity contribution in [2.24, 2.45) is 7.05 Å². The number of nitrogens with one attached hydrogen (secondary N) is 2. The maximum Gasteiger partial charge on any atom is 0.319 e. The van der Waals surface area contributed by atoms with Crippen molar-refractivity contribution in [2.75, 3.05) is 11.9 Å². The SMILES string of the molecule is CCCC(CNC(=O)Nc1c(C(C)C)cccc1C(C)C)c1cn(C)c2ccccc12. The van der Waals surface area contributed by atoms with Crippen LogP contribution in [-0.2, 0) is 7.05 Å². The zero-order valence-electron chi connectivity index (χ0n) is 19.8. The lowest BCUT2D eigenvalue weighted by molar-refractivity contribution is 0.251. The summed E-state index contributed by atoms with van der Waals surface area (Å²) in [6, 6.07) is 14.7. The first kappa shape index (κ1) is 22.9. The fraction of sp³-hybridized carbons (Fsp3) is 0.444. The molecule has 0 saturated carbocycles. The minimum Gasteiger partial charge on any atom is -0.350 e. The highest BCUT2D eigenvalue weighted by molar-refractivity contribution is 5.91. The van der Waals surface area contributed by atoms with Gasteiger partial charge in [0.05, 0.1) is 0 Å². The molecular weight excluding hydrogens is 382 g/mol. The molecule has 0 bridgehead atoms. The molecule has 31 heavy (non-hydrogen) atoms. The summed E-state index contributed by atoms with van der Waals surface area (Å²) in [5.41, 5.74) is 5.87. The van der Waals surface area contributed by atoms with Crippen molar-refractivity contribution in [3.63, 3.8) is 0 Å². The quantitative estimate of drug-likeness (QED) is 0.401. The third kappa shape index (κ3) is 5.12. The van der Waals surface area contributed by atoms with Crippen molar-refractivity contribution < 1.29 is 4.79 Å². The van der Waals surface area contributed by atoms with Gasteiger partial charge in [-0.3, -0.25) is 0 Å². The van der Waals surface area contributed by atoms with Crippen LogP contribution in [0.25, 0.3) is 10.9 Å². The second kappa shape index (κ2) is 10.0. The first-order valence-electron chi connectivity index (χ1n) is 11.5. The third-order valence-corrected chi connectivity index (χ3v) is 6.13. The highest BCUT2D eigenvalue weighted by Crippen LogP contribution is 2.33. The maximum atomic E-state index is 12.9. The molecule has 1 atom stereocenters. The number of urea groups is 1. The van der Waals surface area contributed by atoms with Gasteiger partial charge in [-0.15, -0.1) is 0 Å². The van der Waals surface area contributed by atoms with Crippen molar-refractivity contribution >= 4 is 22.6 Å². The van der Waals surface area contributed by atoms with Gasteiger partial charge in [0.15, 0.2) is 0 Å². The monoisotopic (exact) mass is 419 g/mol. The van der Waals surface area contributed by atoms with Gasteiger partial charge in [-0.25, -0.2) is 4.79 Å². The number of aryl methyl sites for hydroxylation is 1. The number of para-hydroxylation sites is 2. The van der Waals surface area contributed by atoms with Crippen LogP contribution < -0.4 is 10.6 Å². The molecule has 0 spiro atoms. The van der Waals surface area contributed by atoms with Gasteiger partial charge >= 0.3 is 6.03 Å². The van der Waals surface area contributed by atoms with Crippen LogP contribution in [-0.4, -0.2) is 17.1 Å². The van der Waals surface area contributed by atoms with Gasteiger partial charge in [0, 0.05) is 42.3 Å². The smallest absolute Gasteiger partial charge is 0.319 e. The van der Waals surface area contributed by atoms with Crippen LogP contribution in [0.5, 0.6) is 0 Å². The number of amides is 2. The molecule has 2 aromatic carbocycles. The van der Waals surface area contributed by atoms with E-state index in [0.717, 1.165) is 18.5 Å². The van der Waals surface area contributed by atoms with Crippen LogP contribution in [0, 0.1) is 0 Å². The molecular formula is C27H37N3O. The highest BCUT2D eigenvalue weighted by Gasteiger charge is 2.19. The molecule has 3 aromatic rings. The molecule has 2 amide bonds. The van der Waals surface area contributed by atoms with E-state index in [1.165, 1.54) is 27.6 Å². The molecule has 0 aliphatic rings. The molecule has 1 aromatic heterocycles. The summed E-state index contributed by atoms with van der Waals surface area (Å²) in [6.45, 7) is 11.5. The first-order chi connectivity index (χ1) is 14.8. The Balaban J connectivity index is 1.79. The largest absolute Gasteiger partial charge is 0.350 e. The molecule has 0 saturated heterocycles. The van der Waals surface area contributed by atoms with Crippen molar-refractivity contribution in [3.8, 4) is 0 Å². The van der Waals surface area contributed by atoms with Crippen molar-refractivity contribution in [1.29, 1.82) is 0 Å². The first-order valence-corrected chi connectivity index (χ1v) is 11.5. The molecule has 0 aliphatic heterocycles. The molecule has 4 heteroatoms. The van der Waals surface area contributed by atoms with Crippen LogP contribution >= 0.6 is 0 Å². The van der Waals surface area contributed by atoms with Crippen LogP contribution in [0.2, 0.25) is 0 Å². The van der Waals surface area contributed by atoms with Crippen molar-refractivity contribution in [3.05, 3.63) is 65.4 Å². The molecule has 2 N–H and O–H groups in total. The second-order valence-electron chi connectivity index (χ2n) is 9.15. The standard InChI is InChI=1S/C27H37N3O/c1-7-11-20(24-17-30(6)25-15-9-8-12-23(24)25)16-28-27(31)29-26-21(18(2)3)13-10-14-22(26)19(4)5/h8-10,12-15,17-20H,7,11,16H2,1-6H3,(H2,28,29,31). The number of nitrogens with zero attached hydrogens (tertiary/aromatic N) is 1.